The molecular weight excluding hydrogens is 338 g/mol. The molecule has 0 aromatic carbocycles. The predicted octanol–water partition coefficient (Wildman–Crippen LogP) is 2.16. The van der Waals surface area contributed by atoms with Crippen LogP contribution in [0.15, 0.2) is 24.4 Å². The van der Waals surface area contributed by atoms with Gasteiger partial charge in [0.2, 0.25) is 5.91 Å². The predicted molar refractivity (Wildman–Crippen MR) is 107 cm³/mol. The highest BCUT2D eigenvalue weighted by atomic mass is 16.2. The Morgan fingerprint density at radius 1 is 1.19 bits per heavy atom. The van der Waals surface area contributed by atoms with Crippen LogP contribution in [0.5, 0.6) is 0 Å². The summed E-state index contributed by atoms with van der Waals surface area (Å²) in [5.41, 5.74) is 3.52. The van der Waals surface area contributed by atoms with E-state index in [0.717, 1.165) is 63.5 Å². The van der Waals surface area contributed by atoms with Crippen molar-refractivity contribution >= 4 is 11.6 Å². The smallest absolute Gasteiger partial charge is 0.222 e. The van der Waals surface area contributed by atoms with Gasteiger partial charge < -0.3 is 9.30 Å². The summed E-state index contributed by atoms with van der Waals surface area (Å²) in [5.74, 6) is 0.317. The Morgan fingerprint density at radius 3 is 2.85 bits per heavy atom. The molecule has 0 radical (unpaired) electrons. The van der Waals surface area contributed by atoms with Gasteiger partial charge in [-0.15, -0.1) is 0 Å². The number of likely N-dealkylation sites (N-methyl/N-ethyl adjacent to an activating group) is 1. The number of carbonyl (C=O) groups is 1. The van der Waals surface area contributed by atoms with Gasteiger partial charge in [-0.3, -0.25) is 14.6 Å². The van der Waals surface area contributed by atoms with Crippen molar-refractivity contribution in [2.24, 2.45) is 0 Å². The lowest BCUT2D eigenvalue weighted by Crippen LogP contribution is -2.60. The Hall–Kier alpha value is -1.92. The van der Waals surface area contributed by atoms with Crippen molar-refractivity contribution in [2.45, 2.75) is 45.2 Å². The van der Waals surface area contributed by atoms with Gasteiger partial charge in [0.05, 0.1) is 11.4 Å². The van der Waals surface area contributed by atoms with Gasteiger partial charge in [-0.2, -0.15) is 0 Å². The number of hydrogen-bond donors (Lipinski definition) is 0. The molecule has 6 heteroatoms. The molecule has 0 bridgehead atoms. The van der Waals surface area contributed by atoms with Crippen LogP contribution in [-0.4, -0.2) is 75.3 Å². The van der Waals surface area contributed by atoms with Crippen molar-refractivity contribution < 1.29 is 4.79 Å². The highest BCUT2D eigenvalue weighted by molar-refractivity contribution is 5.76. The minimum Gasteiger partial charge on any atom is -0.343 e. The van der Waals surface area contributed by atoms with E-state index in [2.05, 4.69) is 53.4 Å². The molecule has 0 aliphatic carbocycles. The van der Waals surface area contributed by atoms with Gasteiger partial charge in [0.1, 0.15) is 5.65 Å². The molecule has 4 rings (SSSR count). The number of rotatable bonds is 3. The van der Waals surface area contributed by atoms with Crippen LogP contribution in [0.2, 0.25) is 0 Å². The molecule has 2 aromatic heterocycles. The van der Waals surface area contributed by atoms with Crippen molar-refractivity contribution in [1.29, 1.82) is 0 Å². The maximum atomic E-state index is 12.4. The Morgan fingerprint density at radius 2 is 2.04 bits per heavy atom. The third-order valence-electron chi connectivity index (χ3n) is 6.67. The first-order valence-electron chi connectivity index (χ1n) is 10.2. The van der Waals surface area contributed by atoms with Crippen LogP contribution in [-0.2, 0) is 11.3 Å². The summed E-state index contributed by atoms with van der Waals surface area (Å²) >= 11 is 0. The summed E-state index contributed by atoms with van der Waals surface area (Å²) in [6.45, 7) is 9.94. The first kappa shape index (κ1) is 18.4. The maximum Gasteiger partial charge on any atom is 0.222 e. The first-order chi connectivity index (χ1) is 13.0. The van der Waals surface area contributed by atoms with Crippen molar-refractivity contribution in [3.63, 3.8) is 0 Å². The molecule has 0 saturated carbocycles. The Bertz CT molecular complexity index is 831. The molecule has 2 aliphatic rings. The third kappa shape index (κ3) is 3.36. The van der Waals surface area contributed by atoms with Crippen LogP contribution in [0.3, 0.4) is 0 Å². The van der Waals surface area contributed by atoms with Gasteiger partial charge in [0.25, 0.3) is 0 Å². The number of fused-ring (bicyclic) bond motifs is 1. The minimum atomic E-state index is 0.103. The molecule has 1 atom stereocenters. The summed E-state index contributed by atoms with van der Waals surface area (Å²) < 4.78 is 2.22. The molecule has 4 heterocycles. The molecule has 0 N–H and O–H groups in total. The summed E-state index contributed by atoms with van der Waals surface area (Å²) in [7, 11) is 2.24. The highest BCUT2D eigenvalue weighted by Crippen LogP contribution is 2.32. The topological polar surface area (TPSA) is 44.1 Å². The van der Waals surface area contributed by atoms with E-state index in [9.17, 15) is 4.79 Å². The van der Waals surface area contributed by atoms with Crippen LogP contribution >= 0.6 is 0 Å². The van der Waals surface area contributed by atoms with E-state index in [-0.39, 0.29) is 5.54 Å². The van der Waals surface area contributed by atoms with E-state index in [1.807, 2.05) is 11.0 Å². The number of pyridine rings is 1. The number of imidazole rings is 1. The van der Waals surface area contributed by atoms with Gasteiger partial charge in [-0.25, -0.2) is 4.98 Å². The fourth-order valence-electron chi connectivity index (χ4n) is 4.81. The molecule has 2 aliphatic heterocycles. The zero-order valence-corrected chi connectivity index (χ0v) is 16.8. The lowest BCUT2D eigenvalue weighted by atomic mass is 9.86. The van der Waals surface area contributed by atoms with E-state index in [4.69, 9.17) is 4.98 Å². The largest absolute Gasteiger partial charge is 0.343 e. The molecule has 6 nitrogen and oxygen atoms in total. The van der Waals surface area contributed by atoms with Crippen molar-refractivity contribution in [3.05, 3.63) is 35.8 Å². The minimum absolute atomic E-state index is 0.103. The number of piperazine rings is 1. The monoisotopic (exact) mass is 369 g/mol. The van der Waals surface area contributed by atoms with Crippen LogP contribution in [0.4, 0.5) is 0 Å². The highest BCUT2D eigenvalue weighted by Gasteiger charge is 2.42. The Balaban J connectivity index is 1.55. The lowest BCUT2D eigenvalue weighted by Gasteiger charge is -2.49. The Labute approximate surface area is 161 Å². The van der Waals surface area contributed by atoms with Gasteiger partial charge in [-0.05, 0) is 45.9 Å². The second kappa shape index (κ2) is 7.24. The van der Waals surface area contributed by atoms with Crippen molar-refractivity contribution in [3.8, 4) is 0 Å². The summed E-state index contributed by atoms with van der Waals surface area (Å²) in [5, 5.41) is 0. The molecule has 2 aromatic rings. The molecule has 2 fully saturated rings. The molecule has 1 spiro atoms. The number of aromatic nitrogens is 2. The van der Waals surface area contributed by atoms with Crippen LogP contribution in [0.25, 0.3) is 5.65 Å². The number of nitrogens with zero attached hydrogens (tertiary/aromatic N) is 5. The van der Waals surface area contributed by atoms with E-state index in [1.54, 1.807) is 0 Å². The van der Waals surface area contributed by atoms with E-state index >= 15 is 0 Å². The molecule has 2 saturated heterocycles. The number of amides is 1. The van der Waals surface area contributed by atoms with Crippen LogP contribution in [0.1, 0.15) is 37.6 Å². The summed E-state index contributed by atoms with van der Waals surface area (Å²) in [4.78, 5) is 24.2. The lowest BCUT2D eigenvalue weighted by molar-refractivity contribution is -0.130. The zero-order valence-electron chi connectivity index (χ0n) is 16.8. The fourth-order valence-corrected chi connectivity index (χ4v) is 4.81. The van der Waals surface area contributed by atoms with Gasteiger partial charge in [0, 0.05) is 57.4 Å². The second-order valence-corrected chi connectivity index (χ2v) is 8.15. The molecule has 1 unspecified atom stereocenters. The fraction of sp³-hybridized carbons (Fsp3) is 0.619. The zero-order chi connectivity index (χ0) is 19.0. The third-order valence-corrected chi connectivity index (χ3v) is 6.67. The number of carbonyl (C=O) groups excluding carboxylic acids is 1. The van der Waals surface area contributed by atoms with Crippen molar-refractivity contribution in [1.82, 2.24) is 24.1 Å². The first-order valence-corrected chi connectivity index (χ1v) is 10.2. The van der Waals surface area contributed by atoms with Crippen LogP contribution in [0, 0.1) is 6.92 Å². The number of hydrogen-bond acceptors (Lipinski definition) is 4. The molecular formula is C21H31N5O. The SMILES string of the molecule is CCN1CCC2(CCC1=O)CN(Cc1c(C)nc3ccccn13)CCN2C. The van der Waals surface area contributed by atoms with E-state index < -0.39 is 0 Å². The summed E-state index contributed by atoms with van der Waals surface area (Å²) in [6.07, 6.45) is 4.80. The second-order valence-electron chi connectivity index (χ2n) is 8.15. The molecule has 146 valence electrons. The van der Waals surface area contributed by atoms with Gasteiger partial charge in [-0.1, -0.05) is 6.07 Å². The van der Waals surface area contributed by atoms with Crippen LogP contribution < -0.4 is 0 Å². The van der Waals surface area contributed by atoms with Gasteiger partial charge >= 0.3 is 0 Å². The van der Waals surface area contributed by atoms with E-state index in [0.29, 0.717) is 12.3 Å². The standard InChI is InChI=1S/C21H31N5O/c1-4-25-12-10-21(9-8-20(25)27)16-24(14-13-23(21)3)15-18-17(2)22-19-7-5-6-11-26(18)19/h5-7,11H,4,8-10,12-16H2,1-3H3. The quantitative estimate of drug-likeness (QED) is 0.832. The number of likely N-dealkylation sites (tertiary alicyclic amines) is 1. The number of aryl methyl sites for hydroxylation is 1. The van der Waals surface area contributed by atoms with Crippen molar-refractivity contribution in [2.75, 3.05) is 39.8 Å². The van der Waals surface area contributed by atoms with E-state index in [1.165, 1.54) is 5.69 Å². The average molecular weight is 370 g/mol. The molecule has 27 heavy (non-hydrogen) atoms. The van der Waals surface area contributed by atoms with Gasteiger partial charge in [0.15, 0.2) is 0 Å². The molecule has 1 amide bonds. The normalized spacial score (nSPS) is 25.4. The summed E-state index contributed by atoms with van der Waals surface area (Å²) in [6, 6.07) is 6.18. The maximum absolute atomic E-state index is 12.4. The average Bonchev–Trinajstić information content (AvgIpc) is 2.88. The Kier molecular flexibility index (Phi) is 4.95.